The van der Waals surface area contributed by atoms with E-state index in [1.54, 1.807) is 0 Å². The highest BCUT2D eigenvalue weighted by Crippen LogP contribution is 2.15. The van der Waals surface area contributed by atoms with Gasteiger partial charge in [-0.3, -0.25) is 9.69 Å². The van der Waals surface area contributed by atoms with Crippen LogP contribution in [0.2, 0.25) is 5.02 Å². The summed E-state index contributed by atoms with van der Waals surface area (Å²) in [6.45, 7) is 2.98. The van der Waals surface area contributed by atoms with Crippen LogP contribution in [0, 0.1) is 0 Å². The number of amides is 1. The summed E-state index contributed by atoms with van der Waals surface area (Å²) in [6.07, 6.45) is 3.43. The number of carbonyl (C=O) groups excluding carboxylic acids is 1. The molecule has 1 unspecified atom stereocenters. The highest BCUT2D eigenvalue weighted by atomic mass is 35.5. The second-order valence-corrected chi connectivity index (χ2v) is 7.19. The molecular weight excluding hydrogens is 332 g/mol. The van der Waals surface area contributed by atoms with Crippen LogP contribution in [0.4, 0.5) is 0 Å². The monoisotopic (exact) mass is 356 g/mol. The maximum atomic E-state index is 12.3. The first-order valence-corrected chi connectivity index (χ1v) is 9.37. The second-order valence-electron chi connectivity index (χ2n) is 6.76. The van der Waals surface area contributed by atoms with Crippen molar-refractivity contribution < 1.29 is 4.79 Å². The van der Waals surface area contributed by atoms with E-state index in [2.05, 4.69) is 34.5 Å². The summed E-state index contributed by atoms with van der Waals surface area (Å²) in [6, 6.07) is 18.5. The zero-order chi connectivity index (χ0) is 17.5. The first-order valence-electron chi connectivity index (χ1n) is 8.99. The van der Waals surface area contributed by atoms with Gasteiger partial charge in [0, 0.05) is 30.6 Å². The lowest BCUT2D eigenvalue weighted by molar-refractivity contribution is -0.122. The first-order chi connectivity index (χ1) is 12.2. The van der Waals surface area contributed by atoms with E-state index in [9.17, 15) is 4.79 Å². The molecule has 1 saturated heterocycles. The molecular formula is C21H25ClN2O. The SMILES string of the molecule is O=C(CCc1cccc(Cl)c1)NC1CCCN(Cc2ccccc2)C1. The smallest absolute Gasteiger partial charge is 0.220 e. The number of nitrogens with one attached hydrogen (secondary N) is 1. The van der Waals surface area contributed by atoms with Gasteiger partial charge in [0.15, 0.2) is 0 Å². The standard InChI is InChI=1S/C21H25ClN2O/c22-19-9-4-8-17(14-19)11-12-21(25)23-20-10-5-13-24(16-20)15-18-6-2-1-3-7-18/h1-4,6-9,14,20H,5,10-13,15-16H2,(H,23,25). The average Bonchev–Trinajstić information content (AvgIpc) is 2.61. The summed E-state index contributed by atoms with van der Waals surface area (Å²) in [5, 5.41) is 3.93. The van der Waals surface area contributed by atoms with Gasteiger partial charge in [-0.25, -0.2) is 0 Å². The van der Waals surface area contributed by atoms with Crippen LogP contribution in [0.15, 0.2) is 54.6 Å². The molecule has 0 aromatic heterocycles. The Morgan fingerprint density at radius 3 is 2.72 bits per heavy atom. The Balaban J connectivity index is 1.44. The lowest BCUT2D eigenvalue weighted by atomic mass is 10.0. The molecule has 0 bridgehead atoms. The van der Waals surface area contributed by atoms with Crippen molar-refractivity contribution >= 4 is 17.5 Å². The van der Waals surface area contributed by atoms with Gasteiger partial charge < -0.3 is 5.32 Å². The molecule has 3 rings (SSSR count). The Morgan fingerprint density at radius 1 is 1.12 bits per heavy atom. The number of halogens is 1. The highest BCUT2D eigenvalue weighted by molar-refractivity contribution is 6.30. The molecule has 1 aliphatic heterocycles. The topological polar surface area (TPSA) is 32.3 Å². The van der Waals surface area contributed by atoms with Crippen LogP contribution in [-0.2, 0) is 17.8 Å². The largest absolute Gasteiger partial charge is 0.352 e. The van der Waals surface area contributed by atoms with Crippen molar-refractivity contribution in [3.8, 4) is 0 Å². The summed E-state index contributed by atoms with van der Waals surface area (Å²) < 4.78 is 0. The molecule has 4 heteroatoms. The van der Waals surface area contributed by atoms with Crippen molar-refractivity contribution in [2.24, 2.45) is 0 Å². The first kappa shape index (κ1) is 18.0. The van der Waals surface area contributed by atoms with Crippen LogP contribution in [0.25, 0.3) is 0 Å². The number of rotatable bonds is 6. The molecule has 1 fully saturated rings. The normalized spacial score (nSPS) is 18.0. The van der Waals surface area contributed by atoms with E-state index in [1.165, 1.54) is 5.56 Å². The van der Waals surface area contributed by atoms with Crippen molar-refractivity contribution in [2.45, 2.75) is 38.3 Å². The molecule has 0 spiro atoms. The van der Waals surface area contributed by atoms with Gasteiger partial charge in [-0.2, -0.15) is 0 Å². The Hall–Kier alpha value is -1.84. The minimum atomic E-state index is 0.131. The summed E-state index contributed by atoms with van der Waals surface area (Å²) in [5.41, 5.74) is 2.44. The van der Waals surface area contributed by atoms with Gasteiger partial charge in [0.25, 0.3) is 0 Å². The molecule has 0 saturated carbocycles. The van der Waals surface area contributed by atoms with E-state index in [1.807, 2.05) is 30.3 Å². The van der Waals surface area contributed by atoms with E-state index in [0.717, 1.165) is 49.5 Å². The third-order valence-corrected chi connectivity index (χ3v) is 4.88. The van der Waals surface area contributed by atoms with Crippen LogP contribution in [0.3, 0.4) is 0 Å². The van der Waals surface area contributed by atoms with Crippen LogP contribution in [0.1, 0.15) is 30.4 Å². The molecule has 1 heterocycles. The van der Waals surface area contributed by atoms with Gasteiger partial charge in [0.2, 0.25) is 5.91 Å². The number of carbonyl (C=O) groups is 1. The summed E-state index contributed by atoms with van der Waals surface area (Å²) in [7, 11) is 0. The van der Waals surface area contributed by atoms with Gasteiger partial charge in [0.1, 0.15) is 0 Å². The molecule has 2 aromatic rings. The third kappa shape index (κ3) is 5.87. The lowest BCUT2D eigenvalue weighted by Gasteiger charge is -2.33. The zero-order valence-electron chi connectivity index (χ0n) is 14.5. The fraction of sp³-hybridized carbons (Fsp3) is 0.381. The van der Waals surface area contributed by atoms with Gasteiger partial charge in [-0.15, -0.1) is 0 Å². The molecule has 3 nitrogen and oxygen atoms in total. The van der Waals surface area contributed by atoms with Crippen molar-refractivity contribution in [2.75, 3.05) is 13.1 Å². The van der Waals surface area contributed by atoms with Gasteiger partial charge in [-0.1, -0.05) is 54.1 Å². The average molecular weight is 357 g/mol. The molecule has 0 radical (unpaired) electrons. The fourth-order valence-electron chi connectivity index (χ4n) is 3.41. The molecule has 25 heavy (non-hydrogen) atoms. The summed E-state index contributed by atoms with van der Waals surface area (Å²) in [5.74, 6) is 0.131. The maximum absolute atomic E-state index is 12.3. The minimum Gasteiger partial charge on any atom is -0.352 e. The molecule has 1 amide bonds. The second kappa shape index (κ2) is 9.02. The predicted octanol–water partition coefficient (Wildman–Crippen LogP) is 4.05. The summed E-state index contributed by atoms with van der Waals surface area (Å²) in [4.78, 5) is 14.7. The maximum Gasteiger partial charge on any atom is 0.220 e. The Morgan fingerprint density at radius 2 is 1.92 bits per heavy atom. The molecule has 1 atom stereocenters. The van der Waals surface area contributed by atoms with E-state index in [-0.39, 0.29) is 11.9 Å². The van der Waals surface area contributed by atoms with Crippen LogP contribution in [0.5, 0.6) is 0 Å². The van der Waals surface area contributed by atoms with Gasteiger partial charge in [0.05, 0.1) is 0 Å². The number of hydrogen-bond acceptors (Lipinski definition) is 2. The van der Waals surface area contributed by atoms with Crippen molar-refractivity contribution in [3.63, 3.8) is 0 Å². The summed E-state index contributed by atoms with van der Waals surface area (Å²) >= 11 is 5.99. The highest BCUT2D eigenvalue weighted by Gasteiger charge is 2.21. The number of likely N-dealkylation sites (tertiary alicyclic amines) is 1. The van der Waals surface area contributed by atoms with Crippen molar-refractivity contribution in [3.05, 3.63) is 70.7 Å². The molecule has 0 aliphatic carbocycles. The van der Waals surface area contributed by atoms with E-state index in [0.29, 0.717) is 6.42 Å². The number of aryl methyl sites for hydroxylation is 1. The van der Waals surface area contributed by atoms with Crippen LogP contribution < -0.4 is 5.32 Å². The minimum absolute atomic E-state index is 0.131. The molecule has 132 valence electrons. The van der Waals surface area contributed by atoms with Crippen LogP contribution in [-0.4, -0.2) is 29.9 Å². The number of piperidine rings is 1. The fourth-order valence-corrected chi connectivity index (χ4v) is 3.62. The lowest BCUT2D eigenvalue weighted by Crippen LogP contribution is -2.47. The number of hydrogen-bond donors (Lipinski definition) is 1. The van der Waals surface area contributed by atoms with E-state index >= 15 is 0 Å². The number of benzene rings is 2. The van der Waals surface area contributed by atoms with Crippen LogP contribution >= 0.6 is 11.6 Å². The predicted molar refractivity (Wildman–Crippen MR) is 103 cm³/mol. The number of nitrogens with zero attached hydrogens (tertiary/aromatic N) is 1. The molecule has 1 N–H and O–H groups in total. The van der Waals surface area contributed by atoms with Crippen molar-refractivity contribution in [1.29, 1.82) is 0 Å². The molecule has 2 aromatic carbocycles. The zero-order valence-corrected chi connectivity index (χ0v) is 15.2. The van der Waals surface area contributed by atoms with E-state index in [4.69, 9.17) is 11.6 Å². The van der Waals surface area contributed by atoms with Crippen molar-refractivity contribution in [1.82, 2.24) is 10.2 Å². The quantitative estimate of drug-likeness (QED) is 0.846. The Kier molecular flexibility index (Phi) is 6.48. The van der Waals surface area contributed by atoms with Gasteiger partial charge >= 0.3 is 0 Å². The van der Waals surface area contributed by atoms with E-state index < -0.39 is 0 Å². The third-order valence-electron chi connectivity index (χ3n) is 4.65. The molecule has 1 aliphatic rings. The Labute approximate surface area is 155 Å². The Bertz CT molecular complexity index is 689. The van der Waals surface area contributed by atoms with Gasteiger partial charge in [-0.05, 0) is 49.1 Å².